The van der Waals surface area contributed by atoms with Gasteiger partial charge >= 0.3 is 7.94 Å². The van der Waals surface area contributed by atoms with Gasteiger partial charge in [-0.1, -0.05) is 19.8 Å². The standard InChI is InChI=1S/C9H18NO4P/c1-6-3-2-4-7(5-6)8(9(10)11)15(12,13)14/h6-8,12-14H,2-5H2,1H3,(H-,10,11)/p+1. The van der Waals surface area contributed by atoms with E-state index in [9.17, 15) is 19.5 Å². The molecule has 1 aliphatic carbocycles. The van der Waals surface area contributed by atoms with Gasteiger partial charge in [-0.3, -0.25) is 4.79 Å². The Morgan fingerprint density at radius 3 is 2.40 bits per heavy atom. The summed E-state index contributed by atoms with van der Waals surface area (Å²) in [4.78, 5) is 38.7. The second kappa shape index (κ2) is 4.74. The molecule has 88 valence electrons. The number of primary amides is 1. The minimum Gasteiger partial charge on any atom is -0.366 e. The number of carbonyl (C=O) groups is 1. The van der Waals surface area contributed by atoms with E-state index in [-0.39, 0.29) is 5.92 Å². The zero-order chi connectivity index (χ0) is 11.6. The predicted molar refractivity (Wildman–Crippen MR) is 57.7 cm³/mol. The molecule has 1 saturated carbocycles. The van der Waals surface area contributed by atoms with Gasteiger partial charge in [-0.15, -0.1) is 0 Å². The van der Waals surface area contributed by atoms with Crippen LogP contribution < -0.4 is 5.73 Å². The van der Waals surface area contributed by atoms with Gasteiger partial charge in [0.25, 0.3) is 5.91 Å². The van der Waals surface area contributed by atoms with Crippen LogP contribution in [0.1, 0.15) is 32.6 Å². The van der Waals surface area contributed by atoms with E-state index in [4.69, 9.17) is 5.73 Å². The fourth-order valence-corrected chi connectivity index (χ4v) is 3.63. The van der Waals surface area contributed by atoms with Crippen molar-refractivity contribution in [3.05, 3.63) is 0 Å². The van der Waals surface area contributed by atoms with Crippen molar-refractivity contribution in [3.8, 4) is 0 Å². The Balaban J connectivity index is 2.76. The molecule has 15 heavy (non-hydrogen) atoms. The number of amides is 1. The molecule has 0 bridgehead atoms. The normalized spacial score (nSPS) is 29.9. The van der Waals surface area contributed by atoms with Gasteiger partial charge in [-0.2, -0.15) is 14.7 Å². The Labute approximate surface area is 89.9 Å². The van der Waals surface area contributed by atoms with Gasteiger partial charge in [0.15, 0.2) is 0 Å². The van der Waals surface area contributed by atoms with Crippen LogP contribution in [0.2, 0.25) is 0 Å². The summed E-state index contributed by atoms with van der Waals surface area (Å²) >= 11 is 0. The molecule has 0 aromatic carbocycles. The van der Waals surface area contributed by atoms with E-state index in [1.807, 2.05) is 0 Å². The molecule has 0 aliphatic heterocycles. The summed E-state index contributed by atoms with van der Waals surface area (Å²) in [6, 6.07) is 0. The van der Waals surface area contributed by atoms with Crippen molar-refractivity contribution >= 4 is 13.9 Å². The predicted octanol–water partition coefficient (Wildman–Crippen LogP) is 0.406. The summed E-state index contributed by atoms with van der Waals surface area (Å²) in [5.74, 6) is -0.563. The summed E-state index contributed by atoms with van der Waals surface area (Å²) in [6.07, 6.45) is 3.46. The Hall–Kier alpha value is -0.220. The lowest BCUT2D eigenvalue weighted by Gasteiger charge is -2.30. The highest BCUT2D eigenvalue weighted by Gasteiger charge is 2.52. The van der Waals surface area contributed by atoms with Gasteiger partial charge in [0.1, 0.15) is 0 Å². The lowest BCUT2D eigenvalue weighted by Crippen LogP contribution is -2.39. The first-order valence-electron chi connectivity index (χ1n) is 5.18. The van der Waals surface area contributed by atoms with Gasteiger partial charge in [-0.25, -0.2) is 0 Å². The first kappa shape index (κ1) is 12.8. The molecule has 3 atom stereocenters. The Morgan fingerprint density at radius 2 is 2.00 bits per heavy atom. The zero-order valence-corrected chi connectivity index (χ0v) is 9.73. The van der Waals surface area contributed by atoms with Crippen molar-refractivity contribution in [2.75, 3.05) is 0 Å². The third-order valence-electron chi connectivity index (χ3n) is 3.09. The highest BCUT2D eigenvalue weighted by molar-refractivity contribution is 7.60. The molecule has 0 saturated heterocycles. The fraction of sp³-hybridized carbons (Fsp3) is 0.889. The van der Waals surface area contributed by atoms with Crippen molar-refractivity contribution in [1.29, 1.82) is 0 Å². The van der Waals surface area contributed by atoms with Crippen LogP contribution >= 0.6 is 7.94 Å². The molecule has 5 nitrogen and oxygen atoms in total. The highest BCUT2D eigenvalue weighted by atomic mass is 31.2. The number of rotatable bonds is 3. The first-order valence-corrected chi connectivity index (χ1v) is 6.90. The van der Waals surface area contributed by atoms with Crippen molar-refractivity contribution in [2.24, 2.45) is 17.6 Å². The molecule has 0 radical (unpaired) electrons. The van der Waals surface area contributed by atoms with Crippen LogP contribution in [0.4, 0.5) is 0 Å². The van der Waals surface area contributed by atoms with Crippen molar-refractivity contribution in [1.82, 2.24) is 0 Å². The molecule has 0 aromatic heterocycles. The summed E-state index contributed by atoms with van der Waals surface area (Å²) in [7, 11) is -4.15. The SMILES string of the molecule is CC1CCCC(C(C(N)=O)[P+](O)(O)O)C1. The first-order chi connectivity index (χ1) is 6.82. The van der Waals surface area contributed by atoms with E-state index in [1.165, 1.54) is 0 Å². The molecule has 3 unspecified atom stereocenters. The van der Waals surface area contributed by atoms with Gasteiger partial charge in [0, 0.05) is 5.92 Å². The minimum absolute atomic E-state index is 0.195. The number of hydrogen-bond donors (Lipinski definition) is 4. The Morgan fingerprint density at radius 1 is 1.40 bits per heavy atom. The van der Waals surface area contributed by atoms with Crippen LogP contribution in [0.3, 0.4) is 0 Å². The van der Waals surface area contributed by atoms with Gasteiger partial charge < -0.3 is 5.73 Å². The topological polar surface area (TPSA) is 104 Å². The van der Waals surface area contributed by atoms with Gasteiger partial charge in [-0.05, 0) is 18.8 Å². The maximum atomic E-state index is 11.1. The largest absolute Gasteiger partial charge is 0.416 e. The molecule has 1 fully saturated rings. The zero-order valence-electron chi connectivity index (χ0n) is 8.83. The molecule has 1 aliphatic rings. The van der Waals surface area contributed by atoms with Crippen LogP contribution in [0.5, 0.6) is 0 Å². The maximum absolute atomic E-state index is 11.1. The maximum Gasteiger partial charge on any atom is 0.416 e. The molecule has 6 heteroatoms. The molecular formula is C9H19NO4P+. The van der Waals surface area contributed by atoms with E-state index in [0.717, 1.165) is 25.7 Å². The molecule has 0 spiro atoms. The number of carbonyl (C=O) groups excluding carboxylic acids is 1. The Bertz CT molecular complexity index is 241. The van der Waals surface area contributed by atoms with Gasteiger partial charge in [0.2, 0.25) is 5.66 Å². The van der Waals surface area contributed by atoms with Crippen LogP contribution in [0.25, 0.3) is 0 Å². The molecule has 0 heterocycles. The molecule has 1 rings (SSSR count). The minimum atomic E-state index is -4.15. The van der Waals surface area contributed by atoms with Crippen LogP contribution in [0.15, 0.2) is 0 Å². The van der Waals surface area contributed by atoms with Crippen molar-refractivity contribution < 1.29 is 19.5 Å². The average molecular weight is 236 g/mol. The molecule has 5 N–H and O–H groups in total. The molecule has 1 amide bonds. The van der Waals surface area contributed by atoms with E-state index in [1.54, 1.807) is 0 Å². The summed E-state index contributed by atoms with van der Waals surface area (Å²) < 4.78 is 0. The van der Waals surface area contributed by atoms with Crippen molar-refractivity contribution in [2.45, 2.75) is 38.3 Å². The summed E-state index contributed by atoms with van der Waals surface area (Å²) in [6.45, 7) is 2.05. The van der Waals surface area contributed by atoms with E-state index >= 15 is 0 Å². The lowest BCUT2D eigenvalue weighted by atomic mass is 9.80. The number of nitrogens with two attached hydrogens (primary N) is 1. The quantitative estimate of drug-likeness (QED) is 0.532. The number of hydrogen-bond acceptors (Lipinski definition) is 4. The third-order valence-corrected chi connectivity index (χ3v) is 4.51. The van der Waals surface area contributed by atoms with E-state index in [2.05, 4.69) is 6.92 Å². The smallest absolute Gasteiger partial charge is 0.366 e. The Kier molecular flexibility index (Phi) is 4.06. The lowest BCUT2D eigenvalue weighted by molar-refractivity contribution is -0.119. The van der Waals surface area contributed by atoms with E-state index in [0.29, 0.717) is 5.92 Å². The highest BCUT2D eigenvalue weighted by Crippen LogP contribution is 2.55. The monoisotopic (exact) mass is 236 g/mol. The van der Waals surface area contributed by atoms with Crippen LogP contribution in [-0.4, -0.2) is 26.2 Å². The third kappa shape index (κ3) is 3.38. The van der Waals surface area contributed by atoms with Gasteiger partial charge in [0.05, 0.1) is 0 Å². The molecular weight excluding hydrogens is 217 g/mol. The second-order valence-corrected chi connectivity index (χ2v) is 6.28. The van der Waals surface area contributed by atoms with Crippen LogP contribution in [-0.2, 0) is 4.79 Å². The summed E-state index contributed by atoms with van der Waals surface area (Å²) in [5, 5.41) is 0. The fourth-order valence-electron chi connectivity index (χ4n) is 2.45. The summed E-state index contributed by atoms with van der Waals surface area (Å²) in [5.41, 5.74) is 3.93. The second-order valence-electron chi connectivity index (χ2n) is 4.49. The average Bonchev–Trinajstić information content (AvgIpc) is 1.99. The van der Waals surface area contributed by atoms with E-state index < -0.39 is 19.5 Å². The molecule has 0 aromatic rings. The van der Waals surface area contributed by atoms with Crippen LogP contribution in [0, 0.1) is 11.8 Å². The van der Waals surface area contributed by atoms with Crippen molar-refractivity contribution in [3.63, 3.8) is 0 Å².